The topological polar surface area (TPSA) is 15.3 Å². The van der Waals surface area contributed by atoms with E-state index in [1.807, 2.05) is 11.8 Å². The number of nitrogens with zero attached hydrogens (tertiary/aromatic N) is 1. The van der Waals surface area contributed by atoms with Crippen LogP contribution in [0.5, 0.6) is 0 Å². The van der Waals surface area contributed by atoms with E-state index in [0.29, 0.717) is 5.54 Å². The van der Waals surface area contributed by atoms with Gasteiger partial charge in [0, 0.05) is 24.7 Å². The van der Waals surface area contributed by atoms with Crippen LogP contribution >= 0.6 is 11.8 Å². The van der Waals surface area contributed by atoms with Gasteiger partial charge in [-0.15, -0.1) is 0 Å². The highest BCUT2D eigenvalue weighted by atomic mass is 32.2. The number of thioether (sulfide) groups is 1. The van der Waals surface area contributed by atoms with Gasteiger partial charge in [0.05, 0.1) is 0 Å². The smallest absolute Gasteiger partial charge is 0.0278 e. The molecule has 3 heteroatoms. The Morgan fingerprint density at radius 2 is 2.00 bits per heavy atom. The first-order chi connectivity index (χ1) is 9.68. The molecule has 20 heavy (non-hydrogen) atoms. The maximum Gasteiger partial charge on any atom is 0.0278 e. The lowest BCUT2D eigenvalue weighted by atomic mass is 9.80. The molecule has 2 aliphatic rings. The third-order valence-corrected chi connectivity index (χ3v) is 6.22. The van der Waals surface area contributed by atoms with Gasteiger partial charge in [0.15, 0.2) is 0 Å². The van der Waals surface area contributed by atoms with E-state index in [2.05, 4.69) is 30.3 Å². The Labute approximate surface area is 130 Å². The highest BCUT2D eigenvalue weighted by Crippen LogP contribution is 2.32. The van der Waals surface area contributed by atoms with E-state index < -0.39 is 0 Å². The molecular formula is C17H34N2S. The van der Waals surface area contributed by atoms with Crippen molar-refractivity contribution in [1.29, 1.82) is 0 Å². The summed E-state index contributed by atoms with van der Waals surface area (Å²) in [6.45, 7) is 8.51. The third kappa shape index (κ3) is 4.38. The average molecular weight is 299 g/mol. The minimum absolute atomic E-state index is 0.338. The number of piperazine rings is 1. The molecule has 0 amide bonds. The largest absolute Gasteiger partial charge is 0.309 e. The van der Waals surface area contributed by atoms with Gasteiger partial charge in [0.1, 0.15) is 0 Å². The Bertz CT molecular complexity index is 278. The molecule has 0 aromatic heterocycles. The van der Waals surface area contributed by atoms with Crippen molar-refractivity contribution >= 4 is 11.8 Å². The zero-order valence-corrected chi connectivity index (χ0v) is 14.6. The fourth-order valence-electron chi connectivity index (χ4n) is 3.98. The van der Waals surface area contributed by atoms with Crippen molar-refractivity contribution in [1.82, 2.24) is 10.2 Å². The molecule has 1 saturated carbocycles. The first-order valence-corrected chi connectivity index (χ1v) is 10.1. The fraction of sp³-hybridized carbons (Fsp3) is 1.00. The Balaban J connectivity index is 1.96. The van der Waals surface area contributed by atoms with Gasteiger partial charge in [-0.05, 0) is 57.1 Å². The lowest BCUT2D eigenvalue weighted by Crippen LogP contribution is -2.64. The second kappa shape index (κ2) is 8.05. The standard InChI is InChI=1S/C17H34N2S/c1-4-17(2)14-19(11-8-12-20-3)16(13-18-17)15-9-6-5-7-10-15/h15-16,18H,4-14H2,1-3H3. The van der Waals surface area contributed by atoms with Crippen LogP contribution in [0.1, 0.15) is 58.8 Å². The van der Waals surface area contributed by atoms with Crippen LogP contribution in [0.15, 0.2) is 0 Å². The zero-order valence-electron chi connectivity index (χ0n) is 13.8. The second-order valence-electron chi connectivity index (χ2n) is 7.08. The highest BCUT2D eigenvalue weighted by molar-refractivity contribution is 7.98. The van der Waals surface area contributed by atoms with Crippen LogP contribution in [0.2, 0.25) is 0 Å². The maximum atomic E-state index is 3.87. The molecule has 0 bridgehead atoms. The van der Waals surface area contributed by atoms with E-state index in [0.717, 1.165) is 12.0 Å². The first kappa shape index (κ1) is 16.6. The molecule has 2 unspecified atom stereocenters. The fourth-order valence-corrected chi connectivity index (χ4v) is 4.40. The summed E-state index contributed by atoms with van der Waals surface area (Å²) in [5.74, 6) is 2.26. The second-order valence-corrected chi connectivity index (χ2v) is 8.06. The van der Waals surface area contributed by atoms with Gasteiger partial charge >= 0.3 is 0 Å². The highest BCUT2D eigenvalue weighted by Gasteiger charge is 2.37. The minimum atomic E-state index is 0.338. The van der Waals surface area contributed by atoms with Gasteiger partial charge in [0.2, 0.25) is 0 Å². The molecule has 2 fully saturated rings. The average Bonchev–Trinajstić information content (AvgIpc) is 2.49. The van der Waals surface area contributed by atoms with Crippen molar-refractivity contribution in [3.05, 3.63) is 0 Å². The van der Waals surface area contributed by atoms with Crippen molar-refractivity contribution in [2.75, 3.05) is 31.6 Å². The Morgan fingerprint density at radius 1 is 1.25 bits per heavy atom. The minimum Gasteiger partial charge on any atom is -0.309 e. The van der Waals surface area contributed by atoms with Gasteiger partial charge in [-0.25, -0.2) is 0 Å². The van der Waals surface area contributed by atoms with Gasteiger partial charge < -0.3 is 5.32 Å². The SMILES string of the molecule is CCC1(C)CN(CCCSC)C(C2CCCCC2)CN1. The molecule has 2 rings (SSSR count). The van der Waals surface area contributed by atoms with Gasteiger partial charge in [-0.3, -0.25) is 4.90 Å². The van der Waals surface area contributed by atoms with Gasteiger partial charge in [0.25, 0.3) is 0 Å². The monoisotopic (exact) mass is 298 g/mol. The molecule has 2 atom stereocenters. The van der Waals surface area contributed by atoms with Crippen molar-refractivity contribution in [2.24, 2.45) is 5.92 Å². The summed E-state index contributed by atoms with van der Waals surface area (Å²) in [4.78, 5) is 2.84. The van der Waals surface area contributed by atoms with Crippen LogP contribution in [0, 0.1) is 5.92 Å². The van der Waals surface area contributed by atoms with Crippen LogP contribution < -0.4 is 5.32 Å². The Morgan fingerprint density at radius 3 is 2.65 bits per heavy atom. The van der Waals surface area contributed by atoms with Crippen LogP contribution in [-0.2, 0) is 0 Å². The zero-order chi connectivity index (χ0) is 14.4. The van der Waals surface area contributed by atoms with E-state index in [-0.39, 0.29) is 0 Å². The normalized spacial score (nSPS) is 33.5. The number of nitrogens with one attached hydrogen (secondary N) is 1. The van der Waals surface area contributed by atoms with Crippen molar-refractivity contribution in [3.8, 4) is 0 Å². The molecule has 0 aromatic carbocycles. The van der Waals surface area contributed by atoms with E-state index in [4.69, 9.17) is 0 Å². The molecule has 0 spiro atoms. The molecule has 0 aromatic rings. The summed E-state index contributed by atoms with van der Waals surface area (Å²) >= 11 is 1.99. The van der Waals surface area contributed by atoms with Crippen molar-refractivity contribution in [2.45, 2.75) is 70.4 Å². The van der Waals surface area contributed by atoms with Crippen LogP contribution in [0.3, 0.4) is 0 Å². The molecule has 1 saturated heterocycles. The molecular weight excluding hydrogens is 264 g/mol. The van der Waals surface area contributed by atoms with E-state index in [9.17, 15) is 0 Å². The van der Waals surface area contributed by atoms with Crippen LogP contribution in [0.4, 0.5) is 0 Å². The summed E-state index contributed by atoms with van der Waals surface area (Å²) in [5, 5.41) is 3.87. The predicted octanol–water partition coefficient (Wildman–Crippen LogP) is 3.76. The number of hydrogen-bond donors (Lipinski definition) is 1. The molecule has 2 nitrogen and oxygen atoms in total. The lowest BCUT2D eigenvalue weighted by molar-refractivity contribution is 0.0409. The maximum absolute atomic E-state index is 3.87. The van der Waals surface area contributed by atoms with Gasteiger partial charge in [-0.2, -0.15) is 11.8 Å². The summed E-state index contributed by atoms with van der Waals surface area (Å²) in [7, 11) is 0. The Hall–Kier alpha value is 0.270. The van der Waals surface area contributed by atoms with Crippen molar-refractivity contribution < 1.29 is 0 Å². The molecule has 1 N–H and O–H groups in total. The van der Waals surface area contributed by atoms with Crippen molar-refractivity contribution in [3.63, 3.8) is 0 Å². The predicted molar refractivity (Wildman–Crippen MR) is 91.6 cm³/mol. The summed E-state index contributed by atoms with van der Waals surface area (Å²) in [6.07, 6.45) is 12.1. The van der Waals surface area contributed by atoms with E-state index in [1.54, 1.807) is 0 Å². The number of hydrogen-bond acceptors (Lipinski definition) is 3. The summed E-state index contributed by atoms with van der Waals surface area (Å²) in [5.41, 5.74) is 0.338. The summed E-state index contributed by atoms with van der Waals surface area (Å²) < 4.78 is 0. The third-order valence-electron chi connectivity index (χ3n) is 5.53. The van der Waals surface area contributed by atoms with E-state index in [1.165, 1.54) is 70.3 Å². The molecule has 118 valence electrons. The number of rotatable bonds is 6. The quantitative estimate of drug-likeness (QED) is 0.752. The first-order valence-electron chi connectivity index (χ1n) is 8.66. The molecule has 1 heterocycles. The van der Waals surface area contributed by atoms with Crippen LogP contribution in [-0.4, -0.2) is 48.1 Å². The van der Waals surface area contributed by atoms with Gasteiger partial charge in [-0.1, -0.05) is 26.2 Å². The molecule has 1 aliphatic carbocycles. The van der Waals surface area contributed by atoms with E-state index >= 15 is 0 Å². The van der Waals surface area contributed by atoms with Crippen LogP contribution in [0.25, 0.3) is 0 Å². The Kier molecular flexibility index (Phi) is 6.70. The molecule has 0 radical (unpaired) electrons. The molecule has 1 aliphatic heterocycles. The lowest BCUT2D eigenvalue weighted by Gasteiger charge is -2.49. The summed E-state index contributed by atoms with van der Waals surface area (Å²) in [6, 6.07) is 0.803.